The zero-order valence-electron chi connectivity index (χ0n) is 6.12. The molecule has 1 aliphatic rings. The van der Waals surface area contributed by atoms with E-state index in [1.165, 1.54) is 0 Å². The Labute approximate surface area is 74.4 Å². The highest BCUT2D eigenvalue weighted by Gasteiger charge is 2.34. The topological polar surface area (TPSA) is 20.2 Å². The van der Waals surface area contributed by atoms with Crippen molar-refractivity contribution < 1.29 is 5.11 Å². The van der Waals surface area contributed by atoms with Gasteiger partial charge in [0.25, 0.3) is 0 Å². The minimum Gasteiger partial charge on any atom is -0.383 e. The van der Waals surface area contributed by atoms with Gasteiger partial charge in [0.15, 0.2) is 0 Å². The average molecular weight is 186 g/mol. The van der Waals surface area contributed by atoms with Gasteiger partial charge in [-0.15, -0.1) is 11.3 Å². The van der Waals surface area contributed by atoms with Crippen LogP contribution in [0.1, 0.15) is 11.3 Å². The van der Waals surface area contributed by atoms with Crippen LogP contribution in [-0.4, -0.2) is 16.6 Å². The number of hydrogen-bond donors (Lipinski definition) is 1. The summed E-state index contributed by atoms with van der Waals surface area (Å²) in [7, 11) is 0. The summed E-state index contributed by atoms with van der Waals surface area (Å²) in [6.07, 6.45) is 0.915. The van der Waals surface area contributed by atoms with Gasteiger partial charge in [-0.1, -0.05) is 6.07 Å². The number of hydrogen-bond acceptors (Lipinski definition) is 3. The molecule has 1 saturated heterocycles. The molecule has 0 bridgehead atoms. The monoisotopic (exact) mass is 186 g/mol. The molecule has 1 aromatic rings. The zero-order chi connectivity index (χ0) is 7.73. The Morgan fingerprint density at radius 2 is 2.45 bits per heavy atom. The van der Waals surface area contributed by atoms with Crippen molar-refractivity contribution in [3.63, 3.8) is 0 Å². The molecular weight excluding hydrogens is 176 g/mol. The van der Waals surface area contributed by atoms with Crippen LogP contribution in [0.2, 0.25) is 0 Å². The van der Waals surface area contributed by atoms with E-state index in [0.29, 0.717) is 0 Å². The molecule has 1 fully saturated rings. The Morgan fingerprint density at radius 3 is 3.00 bits per heavy atom. The van der Waals surface area contributed by atoms with E-state index in [1.807, 2.05) is 29.3 Å². The van der Waals surface area contributed by atoms with Gasteiger partial charge < -0.3 is 5.11 Å². The fourth-order valence-corrected chi connectivity index (χ4v) is 3.50. The second kappa shape index (κ2) is 2.81. The summed E-state index contributed by atoms with van der Waals surface area (Å²) in [5.41, 5.74) is -0.501. The zero-order valence-corrected chi connectivity index (χ0v) is 7.75. The first-order chi connectivity index (χ1) is 5.31. The highest BCUT2D eigenvalue weighted by Crippen LogP contribution is 2.38. The van der Waals surface area contributed by atoms with Crippen molar-refractivity contribution in [3.8, 4) is 0 Å². The van der Waals surface area contributed by atoms with Gasteiger partial charge >= 0.3 is 0 Å². The van der Waals surface area contributed by atoms with E-state index in [-0.39, 0.29) is 0 Å². The maximum atomic E-state index is 10.0. The first-order valence-electron chi connectivity index (χ1n) is 3.65. The van der Waals surface area contributed by atoms with Gasteiger partial charge in [-0.05, 0) is 23.6 Å². The molecule has 2 rings (SSSR count). The summed E-state index contributed by atoms with van der Waals surface area (Å²) >= 11 is 3.49. The Bertz CT molecular complexity index is 224. The molecule has 0 aliphatic carbocycles. The fourth-order valence-electron chi connectivity index (χ4n) is 1.29. The number of rotatable bonds is 1. The first kappa shape index (κ1) is 7.65. The lowest BCUT2D eigenvalue weighted by atomic mass is 10.0. The molecule has 2 heterocycles. The minimum atomic E-state index is -0.501. The molecular formula is C8H10OS2. The van der Waals surface area contributed by atoms with Gasteiger partial charge in [0.1, 0.15) is 5.60 Å². The molecule has 1 aromatic heterocycles. The summed E-state index contributed by atoms with van der Waals surface area (Å²) in [4.78, 5) is 1.13. The quantitative estimate of drug-likeness (QED) is 0.724. The number of aliphatic hydroxyl groups is 1. The second-order valence-corrected chi connectivity index (χ2v) is 4.86. The largest absolute Gasteiger partial charge is 0.383 e. The molecule has 11 heavy (non-hydrogen) atoms. The van der Waals surface area contributed by atoms with Gasteiger partial charge in [-0.2, -0.15) is 11.8 Å². The lowest BCUT2D eigenvalue weighted by Crippen LogP contribution is -2.22. The van der Waals surface area contributed by atoms with Crippen LogP contribution in [0, 0.1) is 0 Å². The SMILES string of the molecule is OC1(c2cccs2)CCSC1. The highest BCUT2D eigenvalue weighted by atomic mass is 32.2. The fraction of sp³-hybridized carbons (Fsp3) is 0.500. The molecule has 1 atom stereocenters. The number of thioether (sulfide) groups is 1. The van der Waals surface area contributed by atoms with Crippen LogP contribution < -0.4 is 0 Å². The van der Waals surface area contributed by atoms with Gasteiger partial charge in [0, 0.05) is 10.6 Å². The molecule has 1 N–H and O–H groups in total. The summed E-state index contributed by atoms with van der Waals surface area (Å²) in [5, 5.41) is 12.1. The van der Waals surface area contributed by atoms with Crippen molar-refractivity contribution in [1.82, 2.24) is 0 Å². The molecule has 60 valence electrons. The maximum Gasteiger partial charge on any atom is 0.108 e. The van der Waals surface area contributed by atoms with Crippen LogP contribution in [0.5, 0.6) is 0 Å². The Morgan fingerprint density at radius 1 is 1.55 bits per heavy atom. The third-order valence-corrected chi connectivity index (χ3v) is 4.22. The predicted octanol–water partition coefficient (Wildman–Crippen LogP) is 2.07. The van der Waals surface area contributed by atoms with E-state index in [2.05, 4.69) is 0 Å². The molecule has 0 saturated carbocycles. The van der Waals surface area contributed by atoms with Crippen LogP contribution in [0.4, 0.5) is 0 Å². The standard InChI is InChI=1S/C8H10OS2/c9-8(3-5-10-6-8)7-2-1-4-11-7/h1-2,4,9H,3,5-6H2. The van der Waals surface area contributed by atoms with Gasteiger partial charge in [-0.25, -0.2) is 0 Å². The van der Waals surface area contributed by atoms with Crippen LogP contribution in [0.15, 0.2) is 17.5 Å². The lowest BCUT2D eigenvalue weighted by Gasteiger charge is -2.18. The van der Waals surface area contributed by atoms with E-state index in [4.69, 9.17) is 0 Å². The smallest absolute Gasteiger partial charge is 0.108 e. The summed E-state index contributed by atoms with van der Waals surface area (Å²) in [6, 6.07) is 4.03. The van der Waals surface area contributed by atoms with E-state index < -0.39 is 5.60 Å². The first-order valence-corrected chi connectivity index (χ1v) is 5.69. The van der Waals surface area contributed by atoms with Crippen molar-refractivity contribution in [3.05, 3.63) is 22.4 Å². The number of thiophene rings is 1. The Hall–Kier alpha value is 0.01000. The molecule has 0 spiro atoms. The maximum absolute atomic E-state index is 10.0. The molecule has 1 nitrogen and oxygen atoms in total. The van der Waals surface area contributed by atoms with Gasteiger partial charge in [0.2, 0.25) is 0 Å². The summed E-state index contributed by atoms with van der Waals surface area (Å²) in [6.45, 7) is 0. The predicted molar refractivity (Wildman–Crippen MR) is 50.2 cm³/mol. The summed E-state index contributed by atoms with van der Waals surface area (Å²) in [5.74, 6) is 1.96. The van der Waals surface area contributed by atoms with E-state index in [1.54, 1.807) is 11.3 Å². The van der Waals surface area contributed by atoms with Crippen LogP contribution >= 0.6 is 23.1 Å². The van der Waals surface area contributed by atoms with Crippen molar-refractivity contribution in [1.29, 1.82) is 0 Å². The van der Waals surface area contributed by atoms with Crippen molar-refractivity contribution >= 4 is 23.1 Å². The molecule has 1 aliphatic heterocycles. The third kappa shape index (κ3) is 1.33. The van der Waals surface area contributed by atoms with Crippen LogP contribution in [0.25, 0.3) is 0 Å². The Balaban J connectivity index is 2.27. The van der Waals surface area contributed by atoms with Crippen molar-refractivity contribution in [2.24, 2.45) is 0 Å². The van der Waals surface area contributed by atoms with Gasteiger partial charge in [-0.3, -0.25) is 0 Å². The molecule has 0 radical (unpaired) electrons. The minimum absolute atomic E-state index is 0.501. The van der Waals surface area contributed by atoms with Crippen molar-refractivity contribution in [2.75, 3.05) is 11.5 Å². The Kier molecular flexibility index (Phi) is 1.95. The second-order valence-electron chi connectivity index (χ2n) is 2.81. The highest BCUT2D eigenvalue weighted by molar-refractivity contribution is 7.99. The average Bonchev–Trinajstić information content (AvgIpc) is 2.55. The molecule has 0 amide bonds. The van der Waals surface area contributed by atoms with Crippen LogP contribution in [0.3, 0.4) is 0 Å². The lowest BCUT2D eigenvalue weighted by molar-refractivity contribution is 0.0697. The molecule has 3 heteroatoms. The van der Waals surface area contributed by atoms with E-state index in [0.717, 1.165) is 22.8 Å². The molecule has 0 aromatic carbocycles. The van der Waals surface area contributed by atoms with Crippen molar-refractivity contribution in [2.45, 2.75) is 12.0 Å². The van der Waals surface area contributed by atoms with Gasteiger partial charge in [0.05, 0.1) is 0 Å². The van der Waals surface area contributed by atoms with Crippen LogP contribution in [-0.2, 0) is 5.60 Å². The normalized spacial score (nSPS) is 31.0. The molecule has 1 unspecified atom stereocenters. The third-order valence-electron chi connectivity index (χ3n) is 1.98. The summed E-state index contributed by atoms with van der Waals surface area (Å²) < 4.78 is 0. The van der Waals surface area contributed by atoms with E-state index >= 15 is 0 Å². The van der Waals surface area contributed by atoms with E-state index in [9.17, 15) is 5.11 Å².